The minimum atomic E-state index is -0.686. The smallest absolute Gasteiger partial charge is 0.306 e. The number of nitrogens with zero attached hydrogens (tertiary/aromatic N) is 1. The van der Waals surface area contributed by atoms with Crippen molar-refractivity contribution in [1.29, 1.82) is 5.26 Å². The molecule has 2 fully saturated rings. The lowest BCUT2D eigenvalue weighted by Gasteiger charge is -2.34. The van der Waals surface area contributed by atoms with Crippen molar-refractivity contribution < 1.29 is 14.3 Å². The molecule has 0 radical (unpaired) electrons. The van der Waals surface area contributed by atoms with E-state index in [2.05, 4.69) is 6.07 Å². The molecule has 0 heterocycles. The summed E-state index contributed by atoms with van der Waals surface area (Å²) in [6.07, 6.45) is 5.81. The standard InChI is InChI=1S/C14H15NO3/c1-18-12(17)7-14-3-2-13(8-15)5-9(4-11(14)16)10(14)6-13/h2-3,9-10H,4-7H2,1H3/t9?,10-,13+,14?/m1/s1. The fraction of sp³-hybridized carbons (Fsp3) is 0.643. The molecule has 4 heteroatoms. The van der Waals surface area contributed by atoms with Crippen LogP contribution < -0.4 is 0 Å². The highest BCUT2D eigenvalue weighted by Crippen LogP contribution is 2.64. The van der Waals surface area contributed by atoms with Gasteiger partial charge < -0.3 is 4.74 Å². The van der Waals surface area contributed by atoms with Gasteiger partial charge in [-0.1, -0.05) is 12.2 Å². The SMILES string of the molecule is COC(=O)CC12C=C[C@]3(C#N)CC(CC1=O)[C@H]2C3. The Morgan fingerprint density at radius 1 is 1.56 bits per heavy atom. The summed E-state index contributed by atoms with van der Waals surface area (Å²) in [6, 6.07) is 2.38. The zero-order valence-corrected chi connectivity index (χ0v) is 10.3. The number of esters is 1. The molecule has 0 aromatic carbocycles. The Bertz CT molecular complexity index is 504. The summed E-state index contributed by atoms with van der Waals surface area (Å²) in [7, 11) is 1.34. The Kier molecular flexibility index (Phi) is 2.19. The third kappa shape index (κ3) is 1.25. The van der Waals surface area contributed by atoms with E-state index in [-0.39, 0.29) is 30.0 Å². The monoisotopic (exact) mass is 245 g/mol. The van der Waals surface area contributed by atoms with Crippen LogP contribution in [0.25, 0.3) is 0 Å². The second-order valence-electron chi connectivity index (χ2n) is 5.80. The van der Waals surface area contributed by atoms with Crippen molar-refractivity contribution in [2.75, 3.05) is 7.11 Å². The largest absolute Gasteiger partial charge is 0.469 e. The highest BCUT2D eigenvalue weighted by atomic mass is 16.5. The van der Waals surface area contributed by atoms with Gasteiger partial charge in [-0.05, 0) is 24.7 Å². The summed E-state index contributed by atoms with van der Waals surface area (Å²) in [5.41, 5.74) is -1.08. The van der Waals surface area contributed by atoms with Gasteiger partial charge in [0.2, 0.25) is 0 Å². The summed E-state index contributed by atoms with van der Waals surface area (Å²) >= 11 is 0. The van der Waals surface area contributed by atoms with Crippen molar-refractivity contribution in [2.45, 2.75) is 25.7 Å². The summed E-state index contributed by atoms with van der Waals surface area (Å²) in [5, 5.41) is 9.30. The summed E-state index contributed by atoms with van der Waals surface area (Å²) in [5.74, 6) is 0.209. The number of hydrogen-bond acceptors (Lipinski definition) is 4. The van der Waals surface area contributed by atoms with Gasteiger partial charge >= 0.3 is 5.97 Å². The average molecular weight is 245 g/mol. The first-order valence-corrected chi connectivity index (χ1v) is 6.27. The molecule has 2 saturated carbocycles. The van der Waals surface area contributed by atoms with E-state index in [1.165, 1.54) is 7.11 Å². The van der Waals surface area contributed by atoms with Crippen LogP contribution in [-0.2, 0) is 14.3 Å². The lowest BCUT2D eigenvalue weighted by Crippen LogP contribution is -2.37. The zero-order valence-electron chi connectivity index (χ0n) is 10.3. The number of hydrogen-bond donors (Lipinski definition) is 0. The van der Waals surface area contributed by atoms with E-state index in [1.807, 2.05) is 12.2 Å². The van der Waals surface area contributed by atoms with Gasteiger partial charge in [0.05, 0.1) is 30.4 Å². The minimum absolute atomic E-state index is 0.126. The van der Waals surface area contributed by atoms with Crippen LogP contribution in [0.15, 0.2) is 12.2 Å². The van der Waals surface area contributed by atoms with Crippen molar-refractivity contribution in [3.05, 3.63) is 12.2 Å². The number of methoxy groups -OCH3 is 1. The molecule has 0 aromatic rings. The van der Waals surface area contributed by atoms with Gasteiger partial charge in [0.15, 0.2) is 0 Å². The molecule has 2 bridgehead atoms. The van der Waals surface area contributed by atoms with Gasteiger partial charge in [-0.3, -0.25) is 9.59 Å². The molecule has 18 heavy (non-hydrogen) atoms. The van der Waals surface area contributed by atoms with Gasteiger partial charge in [0.1, 0.15) is 5.78 Å². The molecule has 2 unspecified atom stereocenters. The Morgan fingerprint density at radius 2 is 2.33 bits per heavy atom. The van der Waals surface area contributed by atoms with Crippen LogP contribution in [-0.4, -0.2) is 18.9 Å². The second-order valence-corrected chi connectivity index (χ2v) is 5.80. The lowest BCUT2D eigenvalue weighted by molar-refractivity contribution is -0.146. The first kappa shape index (κ1) is 11.5. The Morgan fingerprint density at radius 3 is 3.00 bits per heavy atom. The third-order valence-corrected chi connectivity index (χ3v) is 4.99. The fourth-order valence-corrected chi connectivity index (χ4v) is 4.09. The molecule has 4 atom stereocenters. The summed E-state index contributed by atoms with van der Waals surface area (Å²) < 4.78 is 4.71. The molecule has 94 valence electrons. The van der Waals surface area contributed by atoms with Crippen LogP contribution in [0.4, 0.5) is 0 Å². The molecule has 0 aromatic heterocycles. The maximum absolute atomic E-state index is 12.3. The highest BCUT2D eigenvalue weighted by molar-refractivity contribution is 5.94. The quantitative estimate of drug-likeness (QED) is 0.547. The first-order chi connectivity index (χ1) is 8.55. The van der Waals surface area contributed by atoms with E-state index in [1.54, 1.807) is 0 Å². The highest BCUT2D eigenvalue weighted by Gasteiger charge is 2.63. The van der Waals surface area contributed by atoms with Gasteiger partial charge in [0.25, 0.3) is 0 Å². The zero-order chi connectivity index (χ0) is 13.0. The number of Topliss-reactive ketones (excluding diaryl/α,β-unsaturated/α-hetero) is 1. The molecule has 3 aliphatic carbocycles. The summed E-state index contributed by atoms with van der Waals surface area (Å²) in [6.45, 7) is 0. The second kappa shape index (κ2) is 3.44. The number of nitriles is 1. The van der Waals surface area contributed by atoms with Gasteiger partial charge in [-0.2, -0.15) is 5.26 Å². The van der Waals surface area contributed by atoms with Crippen molar-refractivity contribution in [1.82, 2.24) is 0 Å². The first-order valence-electron chi connectivity index (χ1n) is 6.27. The van der Waals surface area contributed by atoms with Crippen LogP contribution in [0.2, 0.25) is 0 Å². The maximum Gasteiger partial charge on any atom is 0.306 e. The fourth-order valence-electron chi connectivity index (χ4n) is 4.09. The Labute approximate surface area is 106 Å². The predicted octanol–water partition coefficient (Wildman–Crippen LogP) is 1.61. The molecular weight excluding hydrogens is 230 g/mol. The number of allylic oxidation sites excluding steroid dienone is 2. The van der Waals surface area contributed by atoms with E-state index in [0.29, 0.717) is 12.8 Å². The molecule has 3 aliphatic rings. The number of rotatable bonds is 2. The predicted molar refractivity (Wildman–Crippen MR) is 62.1 cm³/mol. The van der Waals surface area contributed by atoms with Crippen LogP contribution in [0.1, 0.15) is 25.7 Å². The molecule has 0 aliphatic heterocycles. The van der Waals surface area contributed by atoms with Crippen molar-refractivity contribution in [3.8, 4) is 6.07 Å². The maximum atomic E-state index is 12.3. The molecule has 3 rings (SSSR count). The van der Waals surface area contributed by atoms with E-state index in [4.69, 9.17) is 4.74 Å². The lowest BCUT2D eigenvalue weighted by atomic mass is 9.66. The summed E-state index contributed by atoms with van der Waals surface area (Å²) in [4.78, 5) is 23.8. The number of fused-ring (bicyclic) bond motifs is 1. The molecular formula is C14H15NO3. The third-order valence-electron chi connectivity index (χ3n) is 4.99. The van der Waals surface area contributed by atoms with Crippen molar-refractivity contribution in [2.24, 2.45) is 22.7 Å². The van der Waals surface area contributed by atoms with Gasteiger partial charge in [-0.15, -0.1) is 0 Å². The Hall–Kier alpha value is -1.63. The molecule has 0 saturated heterocycles. The van der Waals surface area contributed by atoms with E-state index < -0.39 is 10.8 Å². The normalized spacial score (nSPS) is 43.9. The molecule has 0 spiro atoms. The van der Waals surface area contributed by atoms with Crippen LogP contribution in [0.3, 0.4) is 0 Å². The number of carbonyl (C=O) groups is 2. The topological polar surface area (TPSA) is 67.2 Å². The molecule has 0 N–H and O–H groups in total. The molecule has 0 amide bonds. The van der Waals surface area contributed by atoms with Crippen LogP contribution in [0, 0.1) is 34.0 Å². The van der Waals surface area contributed by atoms with E-state index in [0.717, 1.165) is 6.42 Å². The Balaban J connectivity index is 2.02. The number of ether oxygens (including phenoxy) is 1. The van der Waals surface area contributed by atoms with E-state index >= 15 is 0 Å². The molecule has 4 nitrogen and oxygen atoms in total. The van der Waals surface area contributed by atoms with E-state index in [9.17, 15) is 14.9 Å². The van der Waals surface area contributed by atoms with Gasteiger partial charge in [-0.25, -0.2) is 0 Å². The van der Waals surface area contributed by atoms with Crippen LogP contribution in [0.5, 0.6) is 0 Å². The van der Waals surface area contributed by atoms with Crippen LogP contribution >= 0.6 is 0 Å². The van der Waals surface area contributed by atoms with Crippen molar-refractivity contribution >= 4 is 11.8 Å². The number of carbonyl (C=O) groups excluding carboxylic acids is 2. The number of ketones is 1. The van der Waals surface area contributed by atoms with Crippen molar-refractivity contribution in [3.63, 3.8) is 0 Å². The minimum Gasteiger partial charge on any atom is -0.469 e. The average Bonchev–Trinajstić information content (AvgIpc) is 2.80. The van der Waals surface area contributed by atoms with Gasteiger partial charge in [0, 0.05) is 6.42 Å².